The van der Waals surface area contributed by atoms with Crippen LogP contribution in [0, 0.1) is 5.92 Å². The van der Waals surface area contributed by atoms with Crippen molar-refractivity contribution in [2.75, 3.05) is 11.4 Å². The molecule has 0 radical (unpaired) electrons. The fraction of sp³-hybridized carbons (Fsp3) is 0.471. The van der Waals surface area contributed by atoms with Crippen molar-refractivity contribution < 1.29 is 14.4 Å². The van der Waals surface area contributed by atoms with Crippen LogP contribution in [0.1, 0.15) is 25.7 Å². The number of amides is 4. The van der Waals surface area contributed by atoms with Crippen molar-refractivity contribution in [2.24, 2.45) is 11.7 Å². The molecule has 4 N–H and O–H groups in total. The molecule has 1 aromatic rings. The molecule has 1 heterocycles. The van der Waals surface area contributed by atoms with Gasteiger partial charge >= 0.3 is 6.03 Å². The van der Waals surface area contributed by atoms with E-state index in [1.54, 1.807) is 24.3 Å². The highest BCUT2D eigenvalue weighted by molar-refractivity contribution is 6.30. The molecule has 1 aliphatic heterocycles. The van der Waals surface area contributed by atoms with E-state index in [0.717, 1.165) is 17.7 Å². The standard InChI is InChI=1S/C17H21ClN4O3/c18-11-3-5-12(6-4-11)22-16(24)14(21-17(22)25)7-8-15(23)20-9-13(19)10-1-2-10/h3-6,10,13-14H,1-2,7-9,19H2,(H,20,23)(H,21,25). The molecule has 1 saturated heterocycles. The third-order valence-electron chi connectivity index (χ3n) is 4.53. The van der Waals surface area contributed by atoms with Gasteiger partial charge in [0, 0.05) is 24.0 Å². The first-order valence-electron chi connectivity index (χ1n) is 8.38. The van der Waals surface area contributed by atoms with Gasteiger partial charge in [-0.2, -0.15) is 0 Å². The Morgan fingerprint density at radius 3 is 2.64 bits per heavy atom. The molecule has 0 aromatic heterocycles. The fourth-order valence-electron chi connectivity index (χ4n) is 2.85. The van der Waals surface area contributed by atoms with Crippen molar-refractivity contribution in [3.05, 3.63) is 29.3 Å². The van der Waals surface area contributed by atoms with E-state index in [0.29, 0.717) is 23.2 Å². The predicted octanol–water partition coefficient (Wildman–Crippen LogP) is 1.40. The van der Waals surface area contributed by atoms with Crippen LogP contribution in [0.3, 0.4) is 0 Å². The third-order valence-corrected chi connectivity index (χ3v) is 4.78. The van der Waals surface area contributed by atoms with Crippen LogP contribution in [0.4, 0.5) is 10.5 Å². The quantitative estimate of drug-likeness (QED) is 0.636. The van der Waals surface area contributed by atoms with Crippen LogP contribution in [0.25, 0.3) is 0 Å². The minimum Gasteiger partial charge on any atom is -0.355 e. The molecule has 2 aliphatic rings. The molecule has 4 amide bonds. The Morgan fingerprint density at radius 1 is 1.32 bits per heavy atom. The summed E-state index contributed by atoms with van der Waals surface area (Å²) in [6.45, 7) is 0.450. The first-order chi connectivity index (χ1) is 12.0. The third kappa shape index (κ3) is 4.29. The molecule has 2 fully saturated rings. The molecule has 25 heavy (non-hydrogen) atoms. The van der Waals surface area contributed by atoms with E-state index in [9.17, 15) is 14.4 Å². The molecule has 2 unspecified atom stereocenters. The van der Waals surface area contributed by atoms with Gasteiger partial charge in [-0.1, -0.05) is 11.6 Å². The van der Waals surface area contributed by atoms with Crippen molar-refractivity contribution in [1.82, 2.24) is 10.6 Å². The second-order valence-corrected chi connectivity index (χ2v) is 6.93. The number of urea groups is 1. The average Bonchev–Trinajstić information content (AvgIpc) is 3.39. The summed E-state index contributed by atoms with van der Waals surface area (Å²) < 4.78 is 0. The minimum atomic E-state index is -0.703. The second kappa shape index (κ2) is 7.41. The average molecular weight is 365 g/mol. The monoisotopic (exact) mass is 364 g/mol. The Balaban J connectivity index is 1.50. The van der Waals surface area contributed by atoms with Crippen molar-refractivity contribution >= 4 is 35.1 Å². The van der Waals surface area contributed by atoms with E-state index in [-0.39, 0.29) is 30.7 Å². The molecule has 7 nitrogen and oxygen atoms in total. The van der Waals surface area contributed by atoms with Crippen LogP contribution in [0.2, 0.25) is 5.02 Å². The van der Waals surface area contributed by atoms with Gasteiger partial charge in [0.1, 0.15) is 6.04 Å². The molecule has 134 valence electrons. The summed E-state index contributed by atoms with van der Waals surface area (Å²) in [5, 5.41) is 5.92. The largest absolute Gasteiger partial charge is 0.355 e. The van der Waals surface area contributed by atoms with Crippen LogP contribution >= 0.6 is 11.6 Å². The summed E-state index contributed by atoms with van der Waals surface area (Å²) >= 11 is 5.82. The lowest BCUT2D eigenvalue weighted by Gasteiger charge is -2.14. The normalized spacial score (nSPS) is 21.2. The minimum absolute atomic E-state index is 0.00263. The number of carbonyl (C=O) groups excluding carboxylic acids is 3. The lowest BCUT2D eigenvalue weighted by atomic mass is 10.1. The van der Waals surface area contributed by atoms with Crippen molar-refractivity contribution in [2.45, 2.75) is 37.8 Å². The molecule has 1 saturated carbocycles. The number of rotatable bonds is 7. The summed E-state index contributed by atoms with van der Waals surface area (Å²) in [5.74, 6) is -0.0122. The number of halogens is 1. The topological polar surface area (TPSA) is 105 Å². The Bertz CT molecular complexity index is 675. The van der Waals surface area contributed by atoms with Gasteiger partial charge in [-0.05, 0) is 49.4 Å². The first-order valence-corrected chi connectivity index (χ1v) is 8.76. The van der Waals surface area contributed by atoms with E-state index < -0.39 is 12.1 Å². The molecule has 2 atom stereocenters. The van der Waals surface area contributed by atoms with E-state index in [2.05, 4.69) is 10.6 Å². The zero-order valence-electron chi connectivity index (χ0n) is 13.7. The molecule has 0 bridgehead atoms. The van der Waals surface area contributed by atoms with Gasteiger partial charge < -0.3 is 16.4 Å². The maximum atomic E-state index is 12.4. The molecule has 0 spiro atoms. The number of nitrogens with two attached hydrogens (primary N) is 1. The van der Waals surface area contributed by atoms with Gasteiger partial charge in [-0.3, -0.25) is 9.59 Å². The van der Waals surface area contributed by atoms with Crippen molar-refractivity contribution in [1.29, 1.82) is 0 Å². The summed E-state index contributed by atoms with van der Waals surface area (Å²) in [5.41, 5.74) is 6.39. The SMILES string of the molecule is NC(CNC(=O)CCC1NC(=O)N(c2ccc(Cl)cc2)C1=O)C1CC1. The molecule has 8 heteroatoms. The van der Waals surface area contributed by atoms with Gasteiger partial charge in [0.2, 0.25) is 5.91 Å². The number of hydrogen-bond donors (Lipinski definition) is 3. The summed E-state index contributed by atoms with van der Waals surface area (Å²) in [6, 6.07) is 5.24. The Kier molecular flexibility index (Phi) is 5.24. The van der Waals surface area contributed by atoms with Crippen LogP contribution in [-0.2, 0) is 9.59 Å². The number of imide groups is 1. The smallest absolute Gasteiger partial charge is 0.329 e. The lowest BCUT2D eigenvalue weighted by Crippen LogP contribution is -2.39. The highest BCUT2D eigenvalue weighted by Crippen LogP contribution is 2.31. The Labute approximate surface area is 150 Å². The highest BCUT2D eigenvalue weighted by Gasteiger charge is 2.39. The number of carbonyl (C=O) groups is 3. The molecular formula is C17H21ClN4O3. The van der Waals surface area contributed by atoms with Gasteiger partial charge in [-0.15, -0.1) is 0 Å². The van der Waals surface area contributed by atoms with Crippen LogP contribution in [0.15, 0.2) is 24.3 Å². The molecule has 1 aromatic carbocycles. The van der Waals surface area contributed by atoms with Gasteiger partial charge in [0.05, 0.1) is 5.69 Å². The van der Waals surface area contributed by atoms with Crippen molar-refractivity contribution in [3.63, 3.8) is 0 Å². The lowest BCUT2D eigenvalue weighted by molar-refractivity contribution is -0.121. The van der Waals surface area contributed by atoms with Gasteiger partial charge in [0.15, 0.2) is 0 Å². The number of anilines is 1. The zero-order chi connectivity index (χ0) is 18.0. The zero-order valence-corrected chi connectivity index (χ0v) is 14.5. The molecule has 1 aliphatic carbocycles. The van der Waals surface area contributed by atoms with E-state index in [1.807, 2.05) is 0 Å². The van der Waals surface area contributed by atoms with E-state index in [4.69, 9.17) is 17.3 Å². The first kappa shape index (κ1) is 17.7. The number of hydrogen-bond acceptors (Lipinski definition) is 4. The number of nitrogens with one attached hydrogen (secondary N) is 2. The highest BCUT2D eigenvalue weighted by atomic mass is 35.5. The number of nitrogens with zero attached hydrogens (tertiary/aromatic N) is 1. The fourth-order valence-corrected chi connectivity index (χ4v) is 2.97. The van der Waals surface area contributed by atoms with Crippen LogP contribution in [-0.4, -0.2) is 36.5 Å². The Hall–Kier alpha value is -2.12. The molecular weight excluding hydrogens is 344 g/mol. The summed E-state index contributed by atoms with van der Waals surface area (Å²) in [4.78, 5) is 37.5. The maximum Gasteiger partial charge on any atom is 0.329 e. The molecule has 3 rings (SSSR count). The second-order valence-electron chi connectivity index (χ2n) is 6.50. The number of benzene rings is 1. The van der Waals surface area contributed by atoms with E-state index in [1.165, 1.54) is 0 Å². The van der Waals surface area contributed by atoms with E-state index >= 15 is 0 Å². The Morgan fingerprint density at radius 2 is 2.00 bits per heavy atom. The van der Waals surface area contributed by atoms with Crippen molar-refractivity contribution in [3.8, 4) is 0 Å². The van der Waals surface area contributed by atoms with Crippen LogP contribution in [0.5, 0.6) is 0 Å². The summed E-state index contributed by atoms with van der Waals surface area (Å²) in [6.07, 6.45) is 2.65. The summed E-state index contributed by atoms with van der Waals surface area (Å²) in [7, 11) is 0. The van der Waals surface area contributed by atoms with Gasteiger partial charge in [0.25, 0.3) is 5.91 Å². The maximum absolute atomic E-state index is 12.4. The predicted molar refractivity (Wildman–Crippen MR) is 94.2 cm³/mol. The van der Waals surface area contributed by atoms with Gasteiger partial charge in [-0.25, -0.2) is 9.69 Å². The van der Waals surface area contributed by atoms with Crippen LogP contribution < -0.4 is 21.3 Å².